The summed E-state index contributed by atoms with van der Waals surface area (Å²) in [4.78, 5) is 14.1. The molecule has 3 rings (SSSR count). The van der Waals surface area contributed by atoms with Gasteiger partial charge in [0.15, 0.2) is 0 Å². The number of hydrogen-bond acceptors (Lipinski definition) is 5. The van der Waals surface area contributed by atoms with Gasteiger partial charge in [0.05, 0.1) is 17.9 Å². The van der Waals surface area contributed by atoms with Crippen LogP contribution in [0.3, 0.4) is 0 Å². The summed E-state index contributed by atoms with van der Waals surface area (Å²) in [6.45, 7) is 5.78. The Bertz CT molecular complexity index is 645. The van der Waals surface area contributed by atoms with Crippen LogP contribution in [0.4, 0.5) is 10.1 Å². The first-order valence-corrected chi connectivity index (χ1v) is 12.6. The summed E-state index contributed by atoms with van der Waals surface area (Å²) < 4.78 is 20.3. The zero-order valence-electron chi connectivity index (χ0n) is 16.8. The third-order valence-electron chi connectivity index (χ3n) is 5.17. The molecule has 1 aromatic rings. The molecule has 1 aromatic carbocycles. The lowest BCUT2D eigenvalue weighted by molar-refractivity contribution is -0.121. The Kier molecular flexibility index (Phi) is 8.36. The van der Waals surface area contributed by atoms with Crippen LogP contribution in [0.25, 0.3) is 0 Å². The van der Waals surface area contributed by atoms with Crippen LogP contribution in [0, 0.1) is 5.82 Å². The Morgan fingerprint density at radius 1 is 1.29 bits per heavy atom. The molecule has 0 bridgehead atoms. The van der Waals surface area contributed by atoms with E-state index in [0.29, 0.717) is 31.7 Å². The first kappa shape index (κ1) is 21.8. The number of nitrogens with one attached hydrogen (secondary N) is 1. The summed E-state index contributed by atoms with van der Waals surface area (Å²) in [6.07, 6.45) is 5.26. The summed E-state index contributed by atoms with van der Waals surface area (Å²) in [5, 5.41) is 3.69. The molecule has 2 aliphatic heterocycles. The zero-order chi connectivity index (χ0) is 19.9. The molecule has 0 radical (unpaired) electrons. The molecule has 3 unspecified atom stereocenters. The van der Waals surface area contributed by atoms with E-state index in [9.17, 15) is 9.18 Å². The fourth-order valence-corrected chi connectivity index (χ4v) is 6.83. The van der Waals surface area contributed by atoms with Crippen molar-refractivity contribution in [2.24, 2.45) is 0 Å². The summed E-state index contributed by atoms with van der Waals surface area (Å²) in [5.41, 5.74) is 1.41. The van der Waals surface area contributed by atoms with E-state index >= 15 is 0 Å². The maximum absolute atomic E-state index is 14.6. The van der Waals surface area contributed by atoms with Crippen LogP contribution in [0.5, 0.6) is 0 Å². The molecule has 2 aliphatic rings. The van der Waals surface area contributed by atoms with Gasteiger partial charge in [-0.25, -0.2) is 4.39 Å². The molecular formula is C21H31FN2O2S2. The quantitative estimate of drug-likeness (QED) is 0.479. The lowest BCUT2D eigenvalue weighted by Gasteiger charge is -2.37. The van der Waals surface area contributed by atoms with Gasteiger partial charge in [-0.15, -0.1) is 0 Å². The Morgan fingerprint density at radius 3 is 2.75 bits per heavy atom. The van der Waals surface area contributed by atoms with Crippen LogP contribution >= 0.6 is 21.6 Å². The highest BCUT2D eigenvalue weighted by Crippen LogP contribution is 2.39. The van der Waals surface area contributed by atoms with Crippen molar-refractivity contribution in [3.63, 3.8) is 0 Å². The van der Waals surface area contributed by atoms with Crippen LogP contribution in [-0.4, -0.2) is 42.2 Å². The van der Waals surface area contributed by atoms with Gasteiger partial charge in [-0.2, -0.15) is 0 Å². The van der Waals surface area contributed by atoms with Gasteiger partial charge in [-0.05, 0) is 50.8 Å². The minimum absolute atomic E-state index is 0.0498. The molecule has 7 heteroatoms. The van der Waals surface area contributed by atoms with Crippen molar-refractivity contribution >= 4 is 33.2 Å². The van der Waals surface area contributed by atoms with Gasteiger partial charge in [0.25, 0.3) is 0 Å². The van der Waals surface area contributed by atoms with Gasteiger partial charge < -0.3 is 15.0 Å². The Morgan fingerprint density at radius 2 is 2.07 bits per heavy atom. The van der Waals surface area contributed by atoms with E-state index < -0.39 is 0 Å². The molecule has 0 saturated carbocycles. The van der Waals surface area contributed by atoms with Crippen molar-refractivity contribution < 1.29 is 13.9 Å². The highest BCUT2D eigenvalue weighted by atomic mass is 33.1. The number of rotatable bonds is 8. The van der Waals surface area contributed by atoms with Crippen LogP contribution in [-0.2, 0) is 16.1 Å². The van der Waals surface area contributed by atoms with Crippen LogP contribution in [0.2, 0.25) is 0 Å². The SMILES string of the molecule is CC1CN(c2ccc(CNC(=O)CCCCC3CCSS3)cc2F)CC(C)O1. The molecular weight excluding hydrogens is 395 g/mol. The standard InChI is InChI=1S/C21H31FN2O2S2/c1-15-13-24(14-16(2)26-15)20-8-7-17(11-19(20)22)12-23-21(25)6-4-3-5-18-9-10-27-28-18/h7-8,11,15-16,18H,3-6,9-10,12-14H2,1-2H3,(H,23,25). The smallest absolute Gasteiger partial charge is 0.220 e. The summed E-state index contributed by atoms with van der Waals surface area (Å²) in [5.74, 6) is 1.07. The number of unbranched alkanes of at least 4 members (excludes halogenated alkanes) is 1. The fourth-order valence-electron chi connectivity index (χ4n) is 3.80. The first-order valence-electron chi connectivity index (χ1n) is 10.2. The molecule has 2 heterocycles. The van der Waals surface area contributed by atoms with Crippen molar-refractivity contribution in [3.8, 4) is 0 Å². The molecule has 0 spiro atoms. The van der Waals surface area contributed by atoms with Crippen LogP contribution < -0.4 is 10.2 Å². The number of carbonyl (C=O) groups excluding carboxylic acids is 1. The minimum Gasteiger partial charge on any atom is -0.372 e. The molecule has 2 saturated heterocycles. The monoisotopic (exact) mass is 426 g/mol. The molecule has 4 nitrogen and oxygen atoms in total. The van der Waals surface area contributed by atoms with E-state index in [2.05, 4.69) is 5.32 Å². The number of anilines is 1. The van der Waals surface area contributed by atoms with Gasteiger partial charge in [0.1, 0.15) is 5.82 Å². The lowest BCUT2D eigenvalue weighted by Crippen LogP contribution is -2.45. The molecule has 1 N–H and O–H groups in total. The lowest BCUT2D eigenvalue weighted by atomic mass is 10.1. The summed E-state index contributed by atoms with van der Waals surface area (Å²) in [7, 11) is 3.95. The van der Waals surface area contributed by atoms with E-state index in [1.165, 1.54) is 24.7 Å². The second-order valence-electron chi connectivity index (χ2n) is 7.80. The van der Waals surface area contributed by atoms with Gasteiger partial charge in [0.2, 0.25) is 5.91 Å². The third-order valence-corrected chi connectivity index (χ3v) is 8.18. The molecule has 0 aromatic heterocycles. The van der Waals surface area contributed by atoms with Crippen LogP contribution in [0.1, 0.15) is 51.5 Å². The highest BCUT2D eigenvalue weighted by molar-refractivity contribution is 8.77. The molecule has 28 heavy (non-hydrogen) atoms. The maximum Gasteiger partial charge on any atom is 0.220 e. The van der Waals surface area contributed by atoms with Gasteiger partial charge in [0, 0.05) is 37.1 Å². The van der Waals surface area contributed by atoms with E-state index in [1.807, 2.05) is 52.5 Å². The Balaban J connectivity index is 1.40. The van der Waals surface area contributed by atoms with Crippen molar-refractivity contribution in [1.82, 2.24) is 5.32 Å². The minimum atomic E-state index is -0.236. The molecule has 156 valence electrons. The van der Waals surface area contributed by atoms with E-state index in [0.717, 1.165) is 23.7 Å². The van der Waals surface area contributed by atoms with E-state index in [1.54, 1.807) is 0 Å². The number of hydrogen-bond donors (Lipinski definition) is 1. The van der Waals surface area contributed by atoms with Crippen molar-refractivity contribution in [2.75, 3.05) is 23.7 Å². The Labute approximate surface area is 175 Å². The highest BCUT2D eigenvalue weighted by Gasteiger charge is 2.24. The zero-order valence-corrected chi connectivity index (χ0v) is 18.4. The van der Waals surface area contributed by atoms with Crippen molar-refractivity contribution in [2.45, 2.75) is 70.0 Å². The average Bonchev–Trinajstić information content (AvgIpc) is 3.16. The van der Waals surface area contributed by atoms with Gasteiger partial charge in [-0.1, -0.05) is 34.1 Å². The predicted molar refractivity (Wildman–Crippen MR) is 117 cm³/mol. The number of nitrogens with zero attached hydrogens (tertiary/aromatic N) is 1. The van der Waals surface area contributed by atoms with E-state index in [-0.39, 0.29) is 23.9 Å². The molecule has 3 atom stereocenters. The third kappa shape index (κ3) is 6.56. The first-order chi connectivity index (χ1) is 13.5. The number of morpholine rings is 1. The number of ether oxygens (including phenoxy) is 1. The molecule has 0 aliphatic carbocycles. The van der Waals surface area contributed by atoms with E-state index in [4.69, 9.17) is 4.74 Å². The number of halogens is 1. The maximum atomic E-state index is 14.6. The van der Waals surface area contributed by atoms with Gasteiger partial charge in [-0.3, -0.25) is 4.79 Å². The number of amides is 1. The van der Waals surface area contributed by atoms with Crippen LogP contribution in [0.15, 0.2) is 18.2 Å². The molecule has 2 fully saturated rings. The second-order valence-corrected chi connectivity index (χ2v) is 10.6. The summed E-state index contributed by atoms with van der Waals surface area (Å²) >= 11 is 0. The topological polar surface area (TPSA) is 41.6 Å². The second kappa shape index (κ2) is 10.7. The number of benzene rings is 1. The summed E-state index contributed by atoms with van der Waals surface area (Å²) in [6, 6.07) is 5.26. The predicted octanol–water partition coefficient (Wildman–Crippen LogP) is 4.77. The van der Waals surface area contributed by atoms with Gasteiger partial charge >= 0.3 is 0 Å². The number of carbonyl (C=O) groups is 1. The van der Waals surface area contributed by atoms with Crippen molar-refractivity contribution in [3.05, 3.63) is 29.6 Å². The molecule has 1 amide bonds. The largest absolute Gasteiger partial charge is 0.372 e. The van der Waals surface area contributed by atoms with Crippen molar-refractivity contribution in [1.29, 1.82) is 0 Å². The fraction of sp³-hybridized carbons (Fsp3) is 0.667. The average molecular weight is 427 g/mol. The normalized spacial score (nSPS) is 25.1. The Hall–Kier alpha value is -0.920.